The van der Waals surface area contributed by atoms with E-state index in [4.69, 9.17) is 19.2 Å². The largest absolute Gasteiger partial charge is 0.497 e. The molecule has 0 aliphatic carbocycles. The smallest absolute Gasteiger partial charge is 0.191 e. The number of nitrogens with one attached hydrogen (secondary N) is 2. The van der Waals surface area contributed by atoms with Gasteiger partial charge in [0.1, 0.15) is 5.75 Å². The van der Waals surface area contributed by atoms with E-state index < -0.39 is 0 Å². The first-order chi connectivity index (χ1) is 13.6. The molecule has 2 aliphatic heterocycles. The van der Waals surface area contributed by atoms with Crippen LogP contribution in [-0.2, 0) is 9.47 Å². The molecule has 2 heterocycles. The molecule has 0 radical (unpaired) electrons. The van der Waals surface area contributed by atoms with Crippen LogP contribution in [0.15, 0.2) is 29.3 Å². The van der Waals surface area contributed by atoms with E-state index in [-0.39, 0.29) is 11.5 Å². The van der Waals surface area contributed by atoms with Crippen LogP contribution < -0.4 is 15.4 Å². The van der Waals surface area contributed by atoms with Crippen LogP contribution in [0.2, 0.25) is 0 Å². The van der Waals surface area contributed by atoms with Gasteiger partial charge in [0.05, 0.1) is 46.1 Å². The van der Waals surface area contributed by atoms with Gasteiger partial charge in [0.15, 0.2) is 5.96 Å². The summed E-state index contributed by atoms with van der Waals surface area (Å²) in [7, 11) is 1.70. The zero-order chi connectivity index (χ0) is 19.8. The maximum atomic E-state index is 5.55. The molecule has 1 aromatic carbocycles. The summed E-state index contributed by atoms with van der Waals surface area (Å²) in [5, 5.41) is 6.92. The molecule has 0 saturated carbocycles. The summed E-state index contributed by atoms with van der Waals surface area (Å²) in [5.74, 6) is 1.74. The normalized spacial score (nSPS) is 20.9. The van der Waals surface area contributed by atoms with Crippen molar-refractivity contribution in [1.29, 1.82) is 0 Å². The molecule has 2 fully saturated rings. The van der Waals surface area contributed by atoms with Gasteiger partial charge in [-0.3, -0.25) is 9.89 Å². The molecule has 1 unspecified atom stereocenters. The molecular formula is C21H34N4O3. The molecule has 1 aromatic rings. The van der Waals surface area contributed by atoms with Crippen molar-refractivity contribution in [3.63, 3.8) is 0 Å². The quantitative estimate of drug-likeness (QED) is 0.520. The topological polar surface area (TPSA) is 67.4 Å². The lowest BCUT2D eigenvalue weighted by atomic mass is 9.89. The van der Waals surface area contributed by atoms with Gasteiger partial charge in [0.2, 0.25) is 0 Å². The maximum absolute atomic E-state index is 5.55. The molecule has 0 amide bonds. The first kappa shape index (κ1) is 20.9. The highest BCUT2D eigenvalue weighted by molar-refractivity contribution is 5.79. The highest BCUT2D eigenvalue weighted by atomic mass is 16.5. The summed E-state index contributed by atoms with van der Waals surface area (Å²) in [4.78, 5) is 7.27. The second-order valence-electron chi connectivity index (χ2n) is 7.82. The van der Waals surface area contributed by atoms with E-state index in [0.29, 0.717) is 0 Å². The van der Waals surface area contributed by atoms with Gasteiger partial charge in [0, 0.05) is 31.6 Å². The molecule has 2 aliphatic rings. The summed E-state index contributed by atoms with van der Waals surface area (Å²) in [6.07, 6.45) is 0. The van der Waals surface area contributed by atoms with Crippen molar-refractivity contribution in [1.82, 2.24) is 15.5 Å². The summed E-state index contributed by atoms with van der Waals surface area (Å²) in [6.45, 7) is 11.7. The van der Waals surface area contributed by atoms with E-state index in [9.17, 15) is 0 Å². The third-order valence-corrected chi connectivity index (χ3v) is 5.31. The monoisotopic (exact) mass is 390 g/mol. The Morgan fingerprint density at radius 2 is 1.89 bits per heavy atom. The van der Waals surface area contributed by atoms with Crippen LogP contribution in [0, 0.1) is 5.41 Å². The van der Waals surface area contributed by atoms with Crippen molar-refractivity contribution in [2.75, 3.05) is 66.3 Å². The zero-order valence-electron chi connectivity index (χ0n) is 17.4. The number of morpholine rings is 1. The van der Waals surface area contributed by atoms with Crippen LogP contribution in [0.25, 0.3) is 0 Å². The van der Waals surface area contributed by atoms with Crippen molar-refractivity contribution in [2.45, 2.75) is 19.9 Å². The Kier molecular flexibility index (Phi) is 7.53. The third-order valence-electron chi connectivity index (χ3n) is 5.31. The average Bonchev–Trinajstić information content (AvgIpc) is 2.72. The summed E-state index contributed by atoms with van der Waals surface area (Å²) in [5.41, 5.74) is 1.44. The van der Waals surface area contributed by atoms with Crippen LogP contribution in [0.5, 0.6) is 5.75 Å². The van der Waals surface area contributed by atoms with E-state index in [0.717, 1.165) is 70.9 Å². The Labute approximate surface area is 168 Å². The van der Waals surface area contributed by atoms with E-state index in [1.54, 1.807) is 7.11 Å². The fourth-order valence-electron chi connectivity index (χ4n) is 3.52. The molecule has 156 valence electrons. The summed E-state index contributed by atoms with van der Waals surface area (Å²) >= 11 is 0. The molecule has 0 spiro atoms. The molecule has 0 bridgehead atoms. The number of rotatable bonds is 8. The minimum absolute atomic E-state index is 0.169. The van der Waals surface area contributed by atoms with E-state index in [2.05, 4.69) is 41.5 Å². The number of guanidine groups is 1. The van der Waals surface area contributed by atoms with Gasteiger partial charge in [-0.15, -0.1) is 0 Å². The predicted molar refractivity (Wildman–Crippen MR) is 111 cm³/mol. The molecule has 2 N–H and O–H groups in total. The Morgan fingerprint density at radius 3 is 2.46 bits per heavy atom. The average molecular weight is 391 g/mol. The van der Waals surface area contributed by atoms with Gasteiger partial charge < -0.3 is 24.8 Å². The van der Waals surface area contributed by atoms with E-state index in [1.165, 1.54) is 5.56 Å². The standard InChI is InChI=1S/C21H34N4O3/c1-4-22-20(24-14-21(2)15-28-16-21)23-13-19(25-9-11-27-12-10-25)17-5-7-18(26-3)8-6-17/h5-8,19H,4,9-16H2,1-3H3,(H2,22,23,24). The van der Waals surface area contributed by atoms with Gasteiger partial charge in [-0.1, -0.05) is 19.1 Å². The number of methoxy groups -OCH3 is 1. The van der Waals surface area contributed by atoms with Crippen molar-refractivity contribution < 1.29 is 14.2 Å². The minimum Gasteiger partial charge on any atom is -0.497 e. The van der Waals surface area contributed by atoms with Crippen molar-refractivity contribution in [2.24, 2.45) is 10.4 Å². The van der Waals surface area contributed by atoms with Gasteiger partial charge in [0.25, 0.3) is 0 Å². The maximum Gasteiger partial charge on any atom is 0.191 e. The van der Waals surface area contributed by atoms with Crippen molar-refractivity contribution in [3.8, 4) is 5.75 Å². The molecule has 3 rings (SSSR count). The first-order valence-electron chi connectivity index (χ1n) is 10.2. The van der Waals surface area contributed by atoms with Crippen molar-refractivity contribution in [3.05, 3.63) is 29.8 Å². The summed E-state index contributed by atoms with van der Waals surface area (Å²) < 4.78 is 16.2. The number of aliphatic imine (C=N–C) groups is 1. The van der Waals surface area contributed by atoms with Crippen LogP contribution in [0.4, 0.5) is 0 Å². The van der Waals surface area contributed by atoms with Crippen LogP contribution in [0.1, 0.15) is 25.5 Å². The molecule has 7 heteroatoms. The van der Waals surface area contributed by atoms with Crippen LogP contribution in [-0.4, -0.2) is 77.1 Å². The lowest BCUT2D eigenvalue weighted by molar-refractivity contribution is -0.0945. The number of hydrogen-bond donors (Lipinski definition) is 2. The number of nitrogens with zero attached hydrogens (tertiary/aromatic N) is 2. The number of hydrogen-bond acceptors (Lipinski definition) is 5. The number of benzene rings is 1. The SMILES string of the molecule is CCNC(=NCC1(C)COC1)NCC(c1ccc(OC)cc1)N1CCOCC1. The van der Waals surface area contributed by atoms with E-state index >= 15 is 0 Å². The molecule has 28 heavy (non-hydrogen) atoms. The Hall–Kier alpha value is -1.83. The second-order valence-corrected chi connectivity index (χ2v) is 7.82. The Balaban J connectivity index is 1.68. The fourth-order valence-corrected chi connectivity index (χ4v) is 3.52. The molecular weight excluding hydrogens is 356 g/mol. The zero-order valence-corrected chi connectivity index (χ0v) is 17.4. The summed E-state index contributed by atoms with van der Waals surface area (Å²) in [6, 6.07) is 8.61. The molecule has 2 saturated heterocycles. The highest BCUT2D eigenvalue weighted by Crippen LogP contribution is 2.26. The van der Waals surface area contributed by atoms with Gasteiger partial charge >= 0.3 is 0 Å². The molecule has 1 atom stereocenters. The molecule has 0 aromatic heterocycles. The molecule has 7 nitrogen and oxygen atoms in total. The minimum atomic E-state index is 0.169. The lowest BCUT2D eigenvalue weighted by Gasteiger charge is -2.37. The van der Waals surface area contributed by atoms with E-state index in [1.807, 2.05) is 12.1 Å². The second kappa shape index (κ2) is 10.1. The van der Waals surface area contributed by atoms with Crippen LogP contribution in [0.3, 0.4) is 0 Å². The van der Waals surface area contributed by atoms with Crippen LogP contribution >= 0.6 is 0 Å². The lowest BCUT2D eigenvalue weighted by Crippen LogP contribution is -2.47. The number of ether oxygens (including phenoxy) is 3. The van der Waals surface area contributed by atoms with Crippen molar-refractivity contribution >= 4 is 5.96 Å². The Morgan fingerprint density at radius 1 is 1.18 bits per heavy atom. The fraction of sp³-hybridized carbons (Fsp3) is 0.667. The van der Waals surface area contributed by atoms with Gasteiger partial charge in [-0.05, 0) is 24.6 Å². The predicted octanol–water partition coefficient (Wildman–Crippen LogP) is 1.66. The van der Waals surface area contributed by atoms with Gasteiger partial charge in [-0.25, -0.2) is 0 Å². The third kappa shape index (κ3) is 5.59. The van der Waals surface area contributed by atoms with Gasteiger partial charge in [-0.2, -0.15) is 0 Å². The first-order valence-corrected chi connectivity index (χ1v) is 10.2. The highest BCUT2D eigenvalue weighted by Gasteiger charge is 2.33. The Bertz CT molecular complexity index is 625.